The number of para-hydroxylation sites is 4. The summed E-state index contributed by atoms with van der Waals surface area (Å²) in [5, 5.41) is -2.25. The van der Waals surface area contributed by atoms with Crippen molar-refractivity contribution in [3.63, 3.8) is 0 Å². The molecule has 3 nitrogen and oxygen atoms in total. The normalized spacial score (nSPS) is 19.6. The summed E-state index contributed by atoms with van der Waals surface area (Å²) in [6, 6.07) is -15.6. The van der Waals surface area contributed by atoms with Gasteiger partial charge in [-0.1, -0.05) is 84.6 Å². The van der Waals surface area contributed by atoms with Crippen LogP contribution >= 0.6 is 0 Å². The lowest BCUT2D eigenvalue weighted by Crippen LogP contribution is -1.94. The maximum Gasteiger partial charge on any atom is 0.143 e. The number of nitrogens with zero attached hydrogens (tertiary/aromatic N) is 1. The van der Waals surface area contributed by atoms with Gasteiger partial charge in [-0.2, -0.15) is 0 Å². The van der Waals surface area contributed by atoms with Gasteiger partial charge in [-0.15, -0.1) is 0 Å². The zero-order chi connectivity index (χ0) is 43.8. The Morgan fingerprint density at radius 3 is 1.97 bits per heavy atom. The van der Waals surface area contributed by atoms with E-state index in [2.05, 4.69) is 0 Å². The smallest absolute Gasteiger partial charge is 0.143 e. The van der Waals surface area contributed by atoms with Crippen molar-refractivity contribution in [2.75, 3.05) is 0 Å². The van der Waals surface area contributed by atoms with Crippen LogP contribution in [-0.4, -0.2) is 4.57 Å². The summed E-state index contributed by atoms with van der Waals surface area (Å²) in [6.45, 7) is 0. The molecule has 3 aromatic heterocycles. The first-order chi connectivity index (χ1) is 28.1. The van der Waals surface area contributed by atoms with Crippen LogP contribution in [-0.2, 0) is 0 Å². The van der Waals surface area contributed by atoms with Gasteiger partial charge >= 0.3 is 0 Å². The highest BCUT2D eigenvalue weighted by molar-refractivity contribution is 6.15. The number of rotatable bonds is 2. The quantitative estimate of drug-likeness (QED) is 0.227. The SMILES string of the molecule is [2H]c1c([2H])c([2H])c2c(oc3c(-c4c([2H])c([2H])c5c(oc6c([2H])c([2H])c([2H])c(-n7c8c([2H])c([2H])c([2H])c([2H])c8c8c([2H])c([2H])c([2H])c([2H])c87)c65)c4[2H])c([2H])c([2H])c([2H])c32)c1[2H]. The van der Waals surface area contributed by atoms with Crippen molar-refractivity contribution in [2.45, 2.75) is 0 Å². The van der Waals surface area contributed by atoms with Crippen LogP contribution in [0.25, 0.3) is 82.5 Å². The molecule has 3 heterocycles. The number of furan rings is 2. The Morgan fingerprint density at radius 2 is 1.15 bits per heavy atom. The van der Waals surface area contributed by atoms with Crippen LogP contribution in [0.5, 0.6) is 0 Å². The molecule has 9 aromatic rings. The van der Waals surface area contributed by atoms with Crippen molar-refractivity contribution in [1.82, 2.24) is 4.57 Å². The summed E-state index contributed by atoms with van der Waals surface area (Å²) in [7, 11) is 0. The van der Waals surface area contributed by atoms with E-state index in [1.54, 1.807) is 0 Å². The van der Waals surface area contributed by atoms with Gasteiger partial charge in [0.25, 0.3) is 0 Å². The predicted molar refractivity (Wildman–Crippen MR) is 161 cm³/mol. The summed E-state index contributed by atoms with van der Waals surface area (Å²) < 4.78 is 197. The average Bonchev–Trinajstić information content (AvgIpc) is 3.92. The molecule has 0 bridgehead atoms. The molecule has 39 heavy (non-hydrogen) atoms. The Labute approximate surface area is 252 Å². The highest BCUT2D eigenvalue weighted by Gasteiger charge is 2.18. The molecule has 6 aromatic carbocycles. The maximum atomic E-state index is 9.42. The van der Waals surface area contributed by atoms with Gasteiger partial charge in [-0.25, -0.2) is 0 Å². The largest absolute Gasteiger partial charge is 0.456 e. The van der Waals surface area contributed by atoms with E-state index in [9.17, 15) is 5.48 Å². The molecule has 0 aliphatic heterocycles. The third kappa shape index (κ3) is 2.82. The zero-order valence-electron chi connectivity index (χ0n) is 40.3. The van der Waals surface area contributed by atoms with Gasteiger partial charge in [-0.3, -0.25) is 0 Å². The molecule has 0 spiro atoms. The Hall–Kier alpha value is -5.28. The molecule has 182 valence electrons. The molecule has 0 aliphatic rings. The predicted octanol–water partition coefficient (Wildman–Crippen LogP) is 10.2. The van der Waals surface area contributed by atoms with E-state index in [1.807, 2.05) is 0 Å². The number of aromatic nitrogens is 1. The van der Waals surface area contributed by atoms with Gasteiger partial charge in [0.15, 0.2) is 0 Å². The average molecular weight is 521 g/mol. The van der Waals surface area contributed by atoms with Gasteiger partial charge in [0, 0.05) is 32.5 Å². The summed E-state index contributed by atoms with van der Waals surface area (Å²) in [4.78, 5) is 0. The fourth-order valence-corrected chi connectivity index (χ4v) is 4.87. The van der Waals surface area contributed by atoms with Crippen LogP contribution in [0.15, 0.2) is 136 Å². The minimum Gasteiger partial charge on any atom is -0.456 e. The molecule has 0 N–H and O–H groups in total. The van der Waals surface area contributed by atoms with Crippen LogP contribution in [0.2, 0.25) is 0 Å². The summed E-state index contributed by atoms with van der Waals surface area (Å²) >= 11 is 0. The Morgan fingerprint density at radius 1 is 0.487 bits per heavy atom. The fourth-order valence-electron chi connectivity index (χ4n) is 4.87. The van der Waals surface area contributed by atoms with Crippen molar-refractivity contribution in [1.29, 1.82) is 0 Å². The molecule has 0 saturated carbocycles. The Bertz CT molecular complexity index is 3490. The number of hydrogen-bond acceptors (Lipinski definition) is 2. The number of fused-ring (bicyclic) bond motifs is 9. The molecular formula is C36H21NO2. The second kappa shape index (κ2) is 7.62. The fraction of sp³-hybridized carbons (Fsp3) is 0. The topological polar surface area (TPSA) is 31.2 Å². The summed E-state index contributed by atoms with van der Waals surface area (Å²) in [5.74, 6) is 0. The van der Waals surface area contributed by atoms with Crippen molar-refractivity contribution in [3.8, 4) is 16.8 Å². The molecular weight excluding hydrogens is 478 g/mol. The number of hydrogen-bond donors (Lipinski definition) is 0. The minimum atomic E-state index is -0.841. The lowest BCUT2D eigenvalue weighted by atomic mass is 10.0. The van der Waals surface area contributed by atoms with E-state index in [-0.39, 0.29) is 21.5 Å². The molecule has 0 atom stereocenters. The van der Waals surface area contributed by atoms with Crippen LogP contribution in [0, 0.1) is 0 Å². The second-order valence-electron chi connectivity index (χ2n) is 8.53. The maximum absolute atomic E-state index is 9.42. The first kappa shape index (κ1) is 9.18. The molecule has 0 saturated heterocycles. The molecule has 0 fully saturated rings. The van der Waals surface area contributed by atoms with Crippen LogP contribution in [0.1, 0.15) is 28.8 Å². The van der Waals surface area contributed by atoms with E-state index in [0.717, 1.165) is 4.57 Å². The molecule has 0 aliphatic carbocycles. The second-order valence-corrected chi connectivity index (χ2v) is 8.53. The van der Waals surface area contributed by atoms with Crippen molar-refractivity contribution >= 4 is 65.7 Å². The molecule has 0 amide bonds. The third-order valence-corrected chi connectivity index (χ3v) is 6.50. The highest BCUT2D eigenvalue weighted by atomic mass is 16.3. The van der Waals surface area contributed by atoms with Gasteiger partial charge in [0.1, 0.15) is 22.3 Å². The van der Waals surface area contributed by atoms with Crippen molar-refractivity contribution < 1.29 is 37.6 Å². The van der Waals surface area contributed by atoms with Gasteiger partial charge in [0.05, 0.1) is 50.9 Å². The van der Waals surface area contributed by atoms with Crippen LogP contribution in [0.4, 0.5) is 0 Å². The van der Waals surface area contributed by atoms with Gasteiger partial charge in [-0.05, 0) is 47.9 Å². The monoisotopic (exact) mass is 520 g/mol. The van der Waals surface area contributed by atoms with Crippen molar-refractivity contribution in [3.05, 3.63) is 127 Å². The zero-order valence-corrected chi connectivity index (χ0v) is 19.3. The van der Waals surface area contributed by atoms with E-state index in [0.29, 0.717) is 0 Å². The van der Waals surface area contributed by atoms with Gasteiger partial charge < -0.3 is 13.4 Å². The third-order valence-electron chi connectivity index (χ3n) is 6.50. The standard InChI is InChI=1S/C36H21NO2/c1-4-14-29-24(9-1)25-10-2-5-15-30(25)37(29)31-16-8-18-33-35(31)28-20-19-22(21-34(28)38-33)23-12-7-13-27-26-11-3-6-17-32(26)39-36(23)27/h1-21H/i1D,2D,3D,4D,5D,6D,7D,8D,9D,10D,11D,12D,13D,14D,15D,16D,17D,18D,19D,20D,21D. The minimum absolute atomic E-state index is 0.304. The van der Waals surface area contributed by atoms with E-state index >= 15 is 0 Å². The number of benzene rings is 6. The lowest BCUT2D eigenvalue weighted by molar-refractivity contribution is 0.668. The molecule has 0 unspecified atom stereocenters. The molecule has 0 radical (unpaired) electrons. The van der Waals surface area contributed by atoms with Gasteiger partial charge in [0.2, 0.25) is 0 Å². The van der Waals surface area contributed by atoms with Crippen LogP contribution in [0.3, 0.4) is 0 Å². The lowest BCUT2D eigenvalue weighted by Gasteiger charge is -2.09. The Kier molecular flexibility index (Phi) is 1.79. The van der Waals surface area contributed by atoms with E-state index < -0.39 is 188 Å². The van der Waals surface area contributed by atoms with E-state index in [1.165, 1.54) is 0 Å². The summed E-state index contributed by atoms with van der Waals surface area (Å²) in [5.41, 5.74) is -4.63. The van der Waals surface area contributed by atoms with Crippen LogP contribution < -0.4 is 0 Å². The first-order valence-corrected chi connectivity index (χ1v) is 11.5. The molecule has 3 heteroatoms. The summed E-state index contributed by atoms with van der Waals surface area (Å²) in [6.07, 6.45) is 0. The Balaban J connectivity index is 1.52. The molecule has 9 rings (SSSR count). The van der Waals surface area contributed by atoms with Crippen molar-refractivity contribution in [2.24, 2.45) is 0 Å². The highest BCUT2D eigenvalue weighted by Crippen LogP contribution is 2.41. The first-order valence-electron chi connectivity index (χ1n) is 22.0. The van der Waals surface area contributed by atoms with E-state index in [4.69, 9.17) is 32.1 Å².